The van der Waals surface area contributed by atoms with E-state index in [4.69, 9.17) is 4.74 Å². The molecule has 3 nitrogen and oxygen atoms in total. The van der Waals surface area contributed by atoms with Crippen molar-refractivity contribution in [1.82, 2.24) is 4.90 Å². The van der Waals surface area contributed by atoms with Crippen molar-refractivity contribution in [3.8, 4) is 5.75 Å². The summed E-state index contributed by atoms with van der Waals surface area (Å²) < 4.78 is 6.02. The fourth-order valence-electron chi connectivity index (χ4n) is 3.89. The Kier molecular flexibility index (Phi) is 3.51. The number of phenols is 1. The van der Waals surface area contributed by atoms with E-state index in [1.165, 1.54) is 24.0 Å². The zero-order valence-electron chi connectivity index (χ0n) is 12.7. The van der Waals surface area contributed by atoms with E-state index in [0.717, 1.165) is 19.5 Å². The van der Waals surface area contributed by atoms with Gasteiger partial charge in [0.2, 0.25) is 0 Å². The smallest absolute Gasteiger partial charge is 0.115 e. The van der Waals surface area contributed by atoms with Crippen molar-refractivity contribution in [2.24, 2.45) is 0 Å². The Balaban J connectivity index is 1.88. The molecule has 1 saturated heterocycles. The molecule has 2 unspecified atom stereocenters. The number of aromatic hydroxyl groups is 1. The van der Waals surface area contributed by atoms with Crippen LogP contribution in [-0.4, -0.2) is 34.8 Å². The summed E-state index contributed by atoms with van der Waals surface area (Å²) in [6.45, 7) is 8.48. The second-order valence-corrected chi connectivity index (χ2v) is 6.91. The number of hydrogen-bond donors (Lipinski definition) is 1. The van der Waals surface area contributed by atoms with Gasteiger partial charge < -0.3 is 9.84 Å². The molecule has 3 rings (SSSR count). The summed E-state index contributed by atoms with van der Waals surface area (Å²) >= 11 is 0. The molecule has 0 spiro atoms. The predicted octanol–water partition coefficient (Wildman–Crippen LogP) is 3.27. The quantitative estimate of drug-likeness (QED) is 0.854. The summed E-state index contributed by atoms with van der Waals surface area (Å²) in [6.07, 6.45) is 3.78. The molecule has 1 aromatic rings. The Morgan fingerprint density at radius 3 is 2.90 bits per heavy atom. The third-order valence-corrected chi connectivity index (χ3v) is 4.45. The standard InChI is InChI=1S/C17H25NO2/c1-12-10-18(11-17(2,3)20-12)16-6-4-5-13-9-14(19)7-8-15(13)16/h7-9,12,16,19H,4-6,10-11H2,1-3H3. The maximum atomic E-state index is 9.68. The molecule has 1 aromatic carbocycles. The van der Waals surface area contributed by atoms with Crippen LogP contribution in [0.5, 0.6) is 5.75 Å². The Morgan fingerprint density at radius 2 is 2.15 bits per heavy atom. The largest absolute Gasteiger partial charge is 0.508 e. The van der Waals surface area contributed by atoms with Gasteiger partial charge in [-0.1, -0.05) is 6.07 Å². The molecule has 0 amide bonds. The van der Waals surface area contributed by atoms with Crippen LogP contribution in [0.2, 0.25) is 0 Å². The van der Waals surface area contributed by atoms with E-state index >= 15 is 0 Å². The topological polar surface area (TPSA) is 32.7 Å². The summed E-state index contributed by atoms with van der Waals surface area (Å²) in [7, 11) is 0. The Hall–Kier alpha value is -1.06. The first-order valence-corrected chi connectivity index (χ1v) is 7.68. The Bertz CT molecular complexity index is 498. The van der Waals surface area contributed by atoms with Crippen LogP contribution in [0.15, 0.2) is 18.2 Å². The van der Waals surface area contributed by atoms with Gasteiger partial charge in [-0.2, -0.15) is 0 Å². The lowest BCUT2D eigenvalue weighted by atomic mass is 9.85. The van der Waals surface area contributed by atoms with Gasteiger partial charge in [-0.15, -0.1) is 0 Å². The van der Waals surface area contributed by atoms with Crippen LogP contribution in [0.1, 0.15) is 50.8 Å². The summed E-state index contributed by atoms with van der Waals surface area (Å²) in [5, 5.41) is 9.68. The Morgan fingerprint density at radius 1 is 1.35 bits per heavy atom. The van der Waals surface area contributed by atoms with E-state index < -0.39 is 0 Å². The number of ether oxygens (including phenoxy) is 1. The minimum atomic E-state index is -0.0772. The monoisotopic (exact) mass is 275 g/mol. The third kappa shape index (κ3) is 2.70. The van der Waals surface area contributed by atoms with Crippen LogP contribution in [0.25, 0.3) is 0 Å². The van der Waals surface area contributed by atoms with Crippen molar-refractivity contribution in [2.75, 3.05) is 13.1 Å². The molecule has 1 heterocycles. The lowest BCUT2D eigenvalue weighted by molar-refractivity contribution is -0.139. The molecule has 20 heavy (non-hydrogen) atoms. The molecule has 110 valence electrons. The number of hydrogen-bond acceptors (Lipinski definition) is 3. The van der Waals surface area contributed by atoms with Gasteiger partial charge in [0.1, 0.15) is 5.75 Å². The summed E-state index contributed by atoms with van der Waals surface area (Å²) in [5.74, 6) is 0.389. The van der Waals surface area contributed by atoms with Crippen molar-refractivity contribution in [3.63, 3.8) is 0 Å². The molecule has 1 aliphatic carbocycles. The number of morpholine rings is 1. The predicted molar refractivity (Wildman–Crippen MR) is 80.0 cm³/mol. The van der Waals surface area contributed by atoms with Crippen LogP contribution < -0.4 is 0 Å². The highest BCUT2D eigenvalue weighted by Crippen LogP contribution is 2.38. The van der Waals surface area contributed by atoms with Crippen molar-refractivity contribution >= 4 is 0 Å². The molecule has 0 radical (unpaired) electrons. The molecule has 3 heteroatoms. The molecule has 2 aliphatic rings. The Labute approximate surface area is 121 Å². The first kappa shape index (κ1) is 13.9. The van der Waals surface area contributed by atoms with Crippen molar-refractivity contribution in [2.45, 2.75) is 57.8 Å². The van der Waals surface area contributed by atoms with Crippen LogP contribution in [0.4, 0.5) is 0 Å². The average molecular weight is 275 g/mol. The highest BCUT2D eigenvalue weighted by Gasteiger charge is 2.36. The first-order chi connectivity index (χ1) is 9.44. The molecule has 2 atom stereocenters. The van der Waals surface area contributed by atoms with Gasteiger partial charge in [0.25, 0.3) is 0 Å². The molecular formula is C17H25NO2. The summed E-state index contributed by atoms with van der Waals surface area (Å²) in [4.78, 5) is 2.57. The highest BCUT2D eigenvalue weighted by atomic mass is 16.5. The number of fused-ring (bicyclic) bond motifs is 1. The van der Waals surface area contributed by atoms with Crippen LogP contribution in [0, 0.1) is 0 Å². The normalized spacial score (nSPS) is 29.9. The van der Waals surface area contributed by atoms with Gasteiger partial charge >= 0.3 is 0 Å². The molecule has 1 N–H and O–H groups in total. The highest BCUT2D eigenvalue weighted by molar-refractivity contribution is 5.38. The van der Waals surface area contributed by atoms with Gasteiger partial charge in [-0.05, 0) is 63.3 Å². The van der Waals surface area contributed by atoms with Crippen LogP contribution >= 0.6 is 0 Å². The first-order valence-electron chi connectivity index (χ1n) is 7.68. The van der Waals surface area contributed by atoms with E-state index in [0.29, 0.717) is 11.8 Å². The maximum Gasteiger partial charge on any atom is 0.115 e. The lowest BCUT2D eigenvalue weighted by Crippen LogP contribution is -2.53. The number of nitrogens with zero attached hydrogens (tertiary/aromatic N) is 1. The zero-order chi connectivity index (χ0) is 14.3. The van der Waals surface area contributed by atoms with E-state index in [1.54, 1.807) is 0 Å². The zero-order valence-corrected chi connectivity index (χ0v) is 12.7. The van der Waals surface area contributed by atoms with E-state index in [9.17, 15) is 5.11 Å². The number of benzene rings is 1. The lowest BCUT2D eigenvalue weighted by Gasteiger charge is -2.46. The molecule has 0 aromatic heterocycles. The summed E-state index contributed by atoms with van der Waals surface area (Å²) in [6, 6.07) is 6.36. The molecular weight excluding hydrogens is 250 g/mol. The third-order valence-electron chi connectivity index (χ3n) is 4.45. The van der Waals surface area contributed by atoms with E-state index in [1.807, 2.05) is 12.1 Å². The minimum absolute atomic E-state index is 0.0772. The van der Waals surface area contributed by atoms with E-state index in [2.05, 4.69) is 31.7 Å². The SMILES string of the molecule is CC1CN(C2CCCc3cc(O)ccc32)CC(C)(C)O1. The van der Waals surface area contributed by atoms with Crippen LogP contribution in [0.3, 0.4) is 0 Å². The molecule has 0 saturated carbocycles. The fourth-order valence-corrected chi connectivity index (χ4v) is 3.89. The maximum absolute atomic E-state index is 9.68. The average Bonchev–Trinajstić information content (AvgIpc) is 2.35. The van der Waals surface area contributed by atoms with Crippen molar-refractivity contribution in [3.05, 3.63) is 29.3 Å². The summed E-state index contributed by atoms with van der Waals surface area (Å²) in [5.41, 5.74) is 2.64. The van der Waals surface area contributed by atoms with Gasteiger partial charge in [-0.25, -0.2) is 0 Å². The fraction of sp³-hybridized carbons (Fsp3) is 0.647. The second kappa shape index (κ2) is 5.05. The van der Waals surface area contributed by atoms with Crippen molar-refractivity contribution < 1.29 is 9.84 Å². The van der Waals surface area contributed by atoms with Crippen LogP contribution in [-0.2, 0) is 11.2 Å². The van der Waals surface area contributed by atoms with E-state index in [-0.39, 0.29) is 11.7 Å². The second-order valence-electron chi connectivity index (χ2n) is 6.91. The molecule has 0 bridgehead atoms. The van der Waals surface area contributed by atoms with Gasteiger partial charge in [0.05, 0.1) is 11.7 Å². The number of rotatable bonds is 1. The molecule has 1 fully saturated rings. The number of aryl methyl sites for hydroxylation is 1. The minimum Gasteiger partial charge on any atom is -0.508 e. The van der Waals surface area contributed by atoms with Crippen molar-refractivity contribution in [1.29, 1.82) is 0 Å². The number of phenolic OH excluding ortho intramolecular Hbond substituents is 1. The van der Waals surface area contributed by atoms with Gasteiger partial charge in [0.15, 0.2) is 0 Å². The van der Waals surface area contributed by atoms with Gasteiger partial charge in [0, 0.05) is 19.1 Å². The molecule has 1 aliphatic heterocycles. The van der Waals surface area contributed by atoms with Gasteiger partial charge in [-0.3, -0.25) is 4.90 Å².